The minimum Gasteiger partial charge on any atom is -0.468 e. The van der Waals surface area contributed by atoms with Crippen LogP contribution >= 0.6 is 0 Å². The number of esters is 1. The Morgan fingerprint density at radius 3 is 3.06 bits per heavy atom. The molecule has 1 aliphatic rings. The molecule has 2 rings (SSSR count). The zero-order valence-corrected chi connectivity index (χ0v) is 8.96. The van der Waals surface area contributed by atoms with E-state index in [0.29, 0.717) is 0 Å². The Labute approximate surface area is 93.8 Å². The quantitative estimate of drug-likeness (QED) is 0.706. The average molecular weight is 216 g/mol. The topological polar surface area (TPSA) is 41.9 Å². The van der Waals surface area contributed by atoms with Gasteiger partial charge in [-0.05, 0) is 17.7 Å². The molecule has 82 valence electrons. The predicted molar refractivity (Wildman–Crippen MR) is 63.3 cm³/mol. The Hall–Kier alpha value is -2.10. The molecule has 0 atom stereocenters. The van der Waals surface area contributed by atoms with Gasteiger partial charge in [0.15, 0.2) is 0 Å². The van der Waals surface area contributed by atoms with Crippen molar-refractivity contribution in [3.05, 3.63) is 35.9 Å². The summed E-state index contributed by atoms with van der Waals surface area (Å²) in [5.41, 5.74) is 1.93. The van der Waals surface area contributed by atoms with Gasteiger partial charge in [0, 0.05) is 6.21 Å². The number of fused-ring (bicyclic) bond motifs is 1. The van der Waals surface area contributed by atoms with Crippen molar-refractivity contribution in [1.82, 2.24) is 0 Å². The monoisotopic (exact) mass is 216 g/mol. The number of para-hydroxylation sites is 1. The zero-order valence-electron chi connectivity index (χ0n) is 8.96. The van der Waals surface area contributed by atoms with Gasteiger partial charge in [0.25, 0.3) is 0 Å². The fourth-order valence-corrected chi connectivity index (χ4v) is 1.50. The molecule has 1 heterocycles. The van der Waals surface area contributed by atoms with Crippen LogP contribution in [-0.4, -0.2) is 25.8 Å². The van der Waals surface area contributed by atoms with E-state index in [9.17, 15) is 4.79 Å². The molecule has 0 saturated heterocycles. The number of hydrogen-bond acceptors (Lipinski definition) is 4. The molecule has 4 nitrogen and oxygen atoms in total. The number of benzene rings is 1. The second kappa shape index (κ2) is 4.61. The number of nitrogens with zero attached hydrogens (tertiary/aromatic N) is 2. The van der Waals surface area contributed by atoms with Crippen LogP contribution in [0.3, 0.4) is 0 Å². The maximum absolute atomic E-state index is 11.2. The first-order valence-electron chi connectivity index (χ1n) is 4.95. The largest absolute Gasteiger partial charge is 0.468 e. The van der Waals surface area contributed by atoms with Gasteiger partial charge in [-0.25, -0.2) is 0 Å². The van der Waals surface area contributed by atoms with E-state index in [4.69, 9.17) is 0 Å². The molecule has 1 aliphatic heterocycles. The molecule has 0 spiro atoms. The van der Waals surface area contributed by atoms with Gasteiger partial charge in [-0.2, -0.15) is 5.10 Å². The smallest absolute Gasteiger partial charge is 0.327 e. The Kier molecular flexibility index (Phi) is 3.00. The summed E-state index contributed by atoms with van der Waals surface area (Å²) in [4.78, 5) is 11.2. The lowest BCUT2D eigenvalue weighted by Gasteiger charge is -2.18. The molecule has 16 heavy (non-hydrogen) atoms. The van der Waals surface area contributed by atoms with Gasteiger partial charge in [0.2, 0.25) is 0 Å². The lowest BCUT2D eigenvalue weighted by Crippen LogP contribution is -2.25. The van der Waals surface area contributed by atoms with Crippen molar-refractivity contribution >= 4 is 23.9 Å². The molecule has 0 amide bonds. The number of hydrogen-bond donors (Lipinski definition) is 0. The predicted octanol–water partition coefficient (Wildman–Crippen LogP) is 1.68. The zero-order chi connectivity index (χ0) is 11.4. The highest BCUT2D eigenvalue weighted by molar-refractivity contribution is 5.86. The van der Waals surface area contributed by atoms with Crippen molar-refractivity contribution in [1.29, 1.82) is 0 Å². The number of carbonyl (C=O) groups is 1. The minimum atomic E-state index is -0.311. The molecule has 0 N–H and O–H groups in total. The van der Waals surface area contributed by atoms with Crippen molar-refractivity contribution < 1.29 is 9.53 Å². The molecule has 4 heteroatoms. The van der Waals surface area contributed by atoms with Gasteiger partial charge < -0.3 is 4.74 Å². The van der Waals surface area contributed by atoms with Crippen LogP contribution in [0.4, 0.5) is 5.69 Å². The first-order valence-corrected chi connectivity index (χ1v) is 4.95. The summed E-state index contributed by atoms with van der Waals surface area (Å²) in [5, 5.41) is 5.80. The molecule has 0 bridgehead atoms. The van der Waals surface area contributed by atoms with E-state index in [1.165, 1.54) is 7.11 Å². The average Bonchev–Trinajstić information content (AvgIpc) is 2.52. The van der Waals surface area contributed by atoms with Gasteiger partial charge in [-0.1, -0.05) is 24.3 Å². The van der Waals surface area contributed by atoms with Crippen molar-refractivity contribution in [2.24, 2.45) is 5.10 Å². The normalized spacial score (nSPS) is 13.2. The second-order valence-corrected chi connectivity index (χ2v) is 3.32. The molecule has 0 aliphatic carbocycles. The summed E-state index contributed by atoms with van der Waals surface area (Å²) >= 11 is 0. The number of carbonyl (C=O) groups excluding carboxylic acids is 1. The summed E-state index contributed by atoms with van der Waals surface area (Å²) in [6.07, 6.45) is 5.45. The van der Waals surface area contributed by atoms with Crippen molar-refractivity contribution in [2.45, 2.75) is 0 Å². The molecule has 1 aromatic rings. The second-order valence-electron chi connectivity index (χ2n) is 3.32. The Bertz CT molecular complexity index is 452. The number of ether oxygens (including phenoxy) is 1. The maximum Gasteiger partial charge on any atom is 0.327 e. The van der Waals surface area contributed by atoms with Crippen LogP contribution in [0.1, 0.15) is 5.56 Å². The number of anilines is 1. The van der Waals surface area contributed by atoms with Crippen molar-refractivity contribution in [2.75, 3.05) is 18.7 Å². The number of allylic oxidation sites excluding steroid dienone is 1. The SMILES string of the molecule is COC(=O)CN1N=CC=Cc2ccccc21. The fourth-order valence-electron chi connectivity index (χ4n) is 1.50. The maximum atomic E-state index is 11.2. The van der Waals surface area contributed by atoms with E-state index in [2.05, 4.69) is 9.84 Å². The molecule has 0 fully saturated rings. The number of rotatable bonds is 2. The minimum absolute atomic E-state index is 0.117. The number of hydrazone groups is 1. The standard InChI is InChI=1S/C12H12N2O2/c1-16-12(15)9-14-11-7-3-2-5-10(11)6-4-8-13-14/h2-8H,9H2,1H3. The van der Waals surface area contributed by atoms with E-state index in [0.717, 1.165) is 11.3 Å². The van der Waals surface area contributed by atoms with E-state index in [1.54, 1.807) is 11.2 Å². The lowest BCUT2D eigenvalue weighted by atomic mass is 10.1. The summed E-state index contributed by atoms with van der Waals surface area (Å²) < 4.78 is 4.63. The van der Waals surface area contributed by atoms with Gasteiger partial charge in [0.1, 0.15) is 6.54 Å². The van der Waals surface area contributed by atoms with Gasteiger partial charge in [-0.3, -0.25) is 9.80 Å². The van der Waals surface area contributed by atoms with Crippen LogP contribution in [0.2, 0.25) is 0 Å². The van der Waals surface area contributed by atoms with Crippen molar-refractivity contribution in [3.8, 4) is 0 Å². The van der Waals surface area contributed by atoms with E-state index in [1.807, 2.05) is 36.4 Å². The van der Waals surface area contributed by atoms with E-state index < -0.39 is 0 Å². The third kappa shape index (κ3) is 2.11. The molecule has 0 aromatic heterocycles. The highest BCUT2D eigenvalue weighted by Gasteiger charge is 2.13. The van der Waals surface area contributed by atoms with Gasteiger partial charge in [-0.15, -0.1) is 0 Å². The first-order chi connectivity index (χ1) is 7.81. The number of methoxy groups -OCH3 is 1. The first kappa shape index (κ1) is 10.4. The fraction of sp³-hybridized carbons (Fsp3) is 0.167. The summed E-state index contributed by atoms with van der Waals surface area (Å²) in [7, 11) is 1.37. The summed E-state index contributed by atoms with van der Waals surface area (Å²) in [6, 6.07) is 7.76. The Morgan fingerprint density at radius 1 is 1.44 bits per heavy atom. The molecule has 0 saturated carbocycles. The van der Waals surface area contributed by atoms with Crippen LogP contribution in [0.15, 0.2) is 35.4 Å². The summed E-state index contributed by atoms with van der Waals surface area (Å²) in [6.45, 7) is 0.117. The van der Waals surface area contributed by atoms with Gasteiger partial charge >= 0.3 is 5.97 Å². The highest BCUT2D eigenvalue weighted by atomic mass is 16.5. The molecule has 1 aromatic carbocycles. The van der Waals surface area contributed by atoms with Crippen LogP contribution in [-0.2, 0) is 9.53 Å². The van der Waals surface area contributed by atoms with Crippen molar-refractivity contribution in [3.63, 3.8) is 0 Å². The van der Waals surface area contributed by atoms with E-state index in [-0.39, 0.29) is 12.5 Å². The third-order valence-electron chi connectivity index (χ3n) is 2.29. The Morgan fingerprint density at radius 2 is 2.25 bits per heavy atom. The molecule has 0 radical (unpaired) electrons. The Balaban J connectivity index is 2.31. The molecular formula is C12H12N2O2. The summed E-state index contributed by atoms with van der Waals surface area (Å²) in [5.74, 6) is -0.311. The lowest BCUT2D eigenvalue weighted by molar-refractivity contribution is -0.138. The third-order valence-corrected chi connectivity index (χ3v) is 2.29. The van der Waals surface area contributed by atoms with Crippen LogP contribution in [0, 0.1) is 0 Å². The van der Waals surface area contributed by atoms with Crippen LogP contribution in [0.5, 0.6) is 0 Å². The van der Waals surface area contributed by atoms with Crippen LogP contribution in [0.25, 0.3) is 6.08 Å². The van der Waals surface area contributed by atoms with Gasteiger partial charge in [0.05, 0.1) is 12.8 Å². The van der Waals surface area contributed by atoms with E-state index >= 15 is 0 Å². The van der Waals surface area contributed by atoms with Crippen LogP contribution < -0.4 is 5.01 Å². The highest BCUT2D eigenvalue weighted by Crippen LogP contribution is 2.23. The molecular weight excluding hydrogens is 204 g/mol. The molecule has 0 unspecified atom stereocenters.